The minimum absolute atomic E-state index is 0.238. The number of fused-ring (bicyclic) bond motifs is 3. The Kier molecular flexibility index (Phi) is 3.54. The maximum absolute atomic E-state index is 14.5. The molecule has 3 nitrogen and oxygen atoms in total. The van der Waals surface area contributed by atoms with Crippen LogP contribution in [0.4, 0.5) is 14.5 Å². The van der Waals surface area contributed by atoms with Gasteiger partial charge in [-0.25, -0.2) is 8.78 Å². The van der Waals surface area contributed by atoms with Crippen LogP contribution in [0.25, 0.3) is 0 Å². The van der Waals surface area contributed by atoms with E-state index in [-0.39, 0.29) is 12.2 Å². The molecule has 3 unspecified atom stereocenters. The molecule has 3 aliphatic rings. The molecular weight excluding hydrogens is 324 g/mol. The number of benzene rings is 2. The van der Waals surface area contributed by atoms with Crippen LogP contribution in [0.2, 0.25) is 0 Å². The Morgan fingerprint density at radius 1 is 0.920 bits per heavy atom. The van der Waals surface area contributed by atoms with Crippen LogP contribution in [0.15, 0.2) is 36.4 Å². The van der Waals surface area contributed by atoms with Crippen LogP contribution in [0.3, 0.4) is 0 Å². The Balaban J connectivity index is 1.63. The molecule has 5 heteroatoms. The van der Waals surface area contributed by atoms with Crippen LogP contribution in [-0.2, 0) is 9.47 Å². The molecule has 3 atom stereocenters. The molecule has 1 saturated carbocycles. The van der Waals surface area contributed by atoms with Crippen molar-refractivity contribution >= 4 is 5.69 Å². The minimum Gasteiger partial charge on any atom is -0.375 e. The summed E-state index contributed by atoms with van der Waals surface area (Å²) in [6, 6.07) is 9.56. The van der Waals surface area contributed by atoms with E-state index in [2.05, 4.69) is 23.5 Å². The Morgan fingerprint density at radius 2 is 1.72 bits per heavy atom. The van der Waals surface area contributed by atoms with Crippen molar-refractivity contribution in [1.29, 1.82) is 0 Å². The van der Waals surface area contributed by atoms with Crippen molar-refractivity contribution in [3.63, 3.8) is 0 Å². The van der Waals surface area contributed by atoms with Crippen molar-refractivity contribution in [3.05, 3.63) is 64.7 Å². The zero-order valence-electron chi connectivity index (χ0n) is 13.7. The van der Waals surface area contributed by atoms with E-state index in [9.17, 15) is 8.78 Å². The van der Waals surface area contributed by atoms with Crippen LogP contribution in [-0.4, -0.2) is 19.3 Å². The molecule has 0 radical (unpaired) electrons. The molecule has 1 N–H and O–H groups in total. The quantitative estimate of drug-likeness (QED) is 0.873. The first kappa shape index (κ1) is 15.3. The van der Waals surface area contributed by atoms with E-state index >= 15 is 0 Å². The molecule has 0 aromatic heterocycles. The zero-order chi connectivity index (χ0) is 17.0. The van der Waals surface area contributed by atoms with Gasteiger partial charge >= 0.3 is 0 Å². The number of anilines is 1. The predicted molar refractivity (Wildman–Crippen MR) is 89.6 cm³/mol. The van der Waals surface area contributed by atoms with Gasteiger partial charge in [-0.05, 0) is 30.4 Å². The smallest absolute Gasteiger partial charge is 0.131 e. The lowest BCUT2D eigenvalue weighted by Gasteiger charge is -2.43. The van der Waals surface area contributed by atoms with Gasteiger partial charge in [0, 0.05) is 22.9 Å². The lowest BCUT2D eigenvalue weighted by atomic mass is 9.85. The average Bonchev–Trinajstić information content (AvgIpc) is 3.46. The molecule has 130 valence electrons. The van der Waals surface area contributed by atoms with Crippen molar-refractivity contribution < 1.29 is 18.3 Å². The Bertz CT molecular complexity index is 821. The number of halogens is 2. The third kappa shape index (κ3) is 2.53. The van der Waals surface area contributed by atoms with E-state index in [1.165, 1.54) is 30.5 Å². The lowest BCUT2D eigenvalue weighted by molar-refractivity contribution is -0.151. The second kappa shape index (κ2) is 5.78. The SMILES string of the molecule is Fc1ccc(C2Nc3c(C4CC4)cccc3C3OCCOC23)c(F)c1. The largest absolute Gasteiger partial charge is 0.375 e. The van der Waals surface area contributed by atoms with Gasteiger partial charge in [-0.1, -0.05) is 24.3 Å². The number of rotatable bonds is 2. The summed E-state index contributed by atoms with van der Waals surface area (Å²) in [6.07, 6.45) is 1.78. The Morgan fingerprint density at radius 3 is 2.52 bits per heavy atom. The van der Waals surface area contributed by atoms with E-state index in [1.54, 1.807) is 0 Å². The fraction of sp³-hybridized carbons (Fsp3) is 0.400. The predicted octanol–water partition coefficient (Wildman–Crippen LogP) is 4.47. The van der Waals surface area contributed by atoms with Gasteiger partial charge in [-0.2, -0.15) is 0 Å². The van der Waals surface area contributed by atoms with Gasteiger partial charge in [-0.15, -0.1) is 0 Å². The first-order valence-electron chi connectivity index (χ1n) is 8.80. The Labute approximate surface area is 144 Å². The molecule has 0 spiro atoms. The maximum atomic E-state index is 14.5. The molecule has 2 heterocycles. The van der Waals surface area contributed by atoms with Crippen molar-refractivity contribution in [1.82, 2.24) is 0 Å². The monoisotopic (exact) mass is 343 g/mol. The number of ether oxygens (including phenoxy) is 2. The first-order chi connectivity index (χ1) is 12.2. The fourth-order valence-electron chi connectivity index (χ4n) is 4.05. The summed E-state index contributed by atoms with van der Waals surface area (Å²) < 4.78 is 39.8. The second-order valence-corrected chi connectivity index (χ2v) is 7.00. The first-order valence-corrected chi connectivity index (χ1v) is 8.80. The summed E-state index contributed by atoms with van der Waals surface area (Å²) >= 11 is 0. The highest BCUT2D eigenvalue weighted by atomic mass is 19.1. The topological polar surface area (TPSA) is 30.5 Å². The molecule has 0 amide bonds. The number of nitrogens with one attached hydrogen (secondary N) is 1. The summed E-state index contributed by atoms with van der Waals surface area (Å²) in [4.78, 5) is 0. The molecule has 1 saturated heterocycles. The highest BCUT2D eigenvalue weighted by Gasteiger charge is 2.43. The van der Waals surface area contributed by atoms with E-state index in [0.29, 0.717) is 24.7 Å². The van der Waals surface area contributed by atoms with Crippen LogP contribution >= 0.6 is 0 Å². The van der Waals surface area contributed by atoms with E-state index in [4.69, 9.17) is 9.47 Å². The summed E-state index contributed by atoms with van der Waals surface area (Å²) in [5.74, 6) is -0.575. The Hall–Kier alpha value is -1.98. The highest BCUT2D eigenvalue weighted by Crippen LogP contribution is 2.51. The van der Waals surface area contributed by atoms with E-state index < -0.39 is 17.7 Å². The van der Waals surface area contributed by atoms with Crippen molar-refractivity contribution in [2.75, 3.05) is 18.5 Å². The van der Waals surface area contributed by atoms with Crippen LogP contribution in [0, 0.1) is 11.6 Å². The van der Waals surface area contributed by atoms with Crippen molar-refractivity contribution in [2.24, 2.45) is 0 Å². The second-order valence-electron chi connectivity index (χ2n) is 7.00. The molecule has 2 fully saturated rings. The zero-order valence-corrected chi connectivity index (χ0v) is 13.7. The van der Waals surface area contributed by atoms with Crippen LogP contribution < -0.4 is 5.32 Å². The van der Waals surface area contributed by atoms with Crippen molar-refractivity contribution in [3.8, 4) is 0 Å². The highest BCUT2D eigenvalue weighted by molar-refractivity contribution is 5.64. The lowest BCUT2D eigenvalue weighted by Crippen LogP contribution is -2.43. The average molecular weight is 343 g/mol. The number of hydrogen-bond donors (Lipinski definition) is 1. The van der Waals surface area contributed by atoms with E-state index in [1.807, 2.05) is 0 Å². The molecular formula is C20H19F2NO2. The summed E-state index contributed by atoms with van der Waals surface area (Å²) in [7, 11) is 0. The maximum Gasteiger partial charge on any atom is 0.131 e. The molecule has 5 rings (SSSR count). The van der Waals surface area contributed by atoms with Crippen molar-refractivity contribution in [2.45, 2.75) is 37.0 Å². The molecule has 2 aromatic rings. The molecule has 25 heavy (non-hydrogen) atoms. The van der Waals surface area contributed by atoms with Crippen LogP contribution in [0.5, 0.6) is 0 Å². The third-order valence-corrected chi connectivity index (χ3v) is 5.37. The standard InChI is InChI=1S/C20H19F2NO2/c21-12-6-7-14(16(22)10-12)18-20-19(24-8-9-25-20)15-3-1-2-13(11-4-5-11)17(15)23-18/h1-3,6-7,10-11,18-20,23H,4-5,8-9H2. The minimum atomic E-state index is -0.575. The summed E-state index contributed by atoms with van der Waals surface area (Å²) in [5.41, 5.74) is 3.79. The van der Waals surface area contributed by atoms with Gasteiger partial charge in [0.1, 0.15) is 23.8 Å². The van der Waals surface area contributed by atoms with Crippen LogP contribution in [0.1, 0.15) is 47.6 Å². The van der Waals surface area contributed by atoms with Gasteiger partial charge in [0.2, 0.25) is 0 Å². The molecule has 1 aliphatic carbocycles. The van der Waals surface area contributed by atoms with Gasteiger partial charge in [-0.3, -0.25) is 0 Å². The van der Waals surface area contributed by atoms with Gasteiger partial charge < -0.3 is 14.8 Å². The summed E-state index contributed by atoms with van der Waals surface area (Å²) in [6.45, 7) is 0.993. The number of para-hydroxylation sites is 1. The molecule has 2 aliphatic heterocycles. The molecule has 2 aromatic carbocycles. The third-order valence-electron chi connectivity index (χ3n) is 5.37. The molecule has 0 bridgehead atoms. The van der Waals surface area contributed by atoms with Gasteiger partial charge in [0.15, 0.2) is 0 Å². The van der Waals surface area contributed by atoms with E-state index in [0.717, 1.165) is 17.3 Å². The van der Waals surface area contributed by atoms with Gasteiger partial charge in [0.25, 0.3) is 0 Å². The normalized spacial score (nSPS) is 28.0. The van der Waals surface area contributed by atoms with Gasteiger partial charge in [0.05, 0.1) is 19.3 Å². The summed E-state index contributed by atoms with van der Waals surface area (Å²) in [5, 5.41) is 3.50. The number of hydrogen-bond acceptors (Lipinski definition) is 3. The fourth-order valence-corrected chi connectivity index (χ4v) is 4.05.